The third-order valence-corrected chi connectivity index (χ3v) is 5.12. The maximum atomic E-state index is 12.2. The van der Waals surface area contributed by atoms with E-state index in [4.69, 9.17) is 0 Å². The van der Waals surface area contributed by atoms with Crippen molar-refractivity contribution in [2.75, 3.05) is 6.54 Å². The zero-order chi connectivity index (χ0) is 13.4. The fourth-order valence-corrected chi connectivity index (χ4v) is 3.93. The molecule has 0 amide bonds. The summed E-state index contributed by atoms with van der Waals surface area (Å²) in [6, 6.07) is 0. The molecule has 0 radical (unpaired) electrons. The van der Waals surface area contributed by atoms with E-state index in [1.807, 2.05) is 0 Å². The monoisotopic (exact) mass is 273 g/mol. The van der Waals surface area contributed by atoms with Crippen molar-refractivity contribution in [2.24, 2.45) is 0 Å². The van der Waals surface area contributed by atoms with Crippen LogP contribution in [-0.4, -0.2) is 35.9 Å². The third-order valence-electron chi connectivity index (χ3n) is 3.45. The Kier molecular flexibility index (Phi) is 3.48. The Bertz CT molecular complexity index is 510. The number of aliphatic hydroxyl groups is 1. The van der Waals surface area contributed by atoms with E-state index in [1.165, 1.54) is 0 Å². The molecule has 0 unspecified atom stereocenters. The summed E-state index contributed by atoms with van der Waals surface area (Å²) in [6.07, 6.45) is 3.20. The number of H-pyrrole nitrogens is 1. The van der Waals surface area contributed by atoms with Crippen molar-refractivity contribution < 1.29 is 13.5 Å². The van der Waals surface area contributed by atoms with Crippen molar-refractivity contribution in [3.63, 3.8) is 0 Å². The van der Waals surface area contributed by atoms with Crippen LogP contribution in [0.2, 0.25) is 0 Å². The normalized spacial score (nSPS) is 19.3. The van der Waals surface area contributed by atoms with Crippen molar-refractivity contribution in [3.8, 4) is 0 Å². The molecule has 1 fully saturated rings. The maximum absolute atomic E-state index is 12.2. The van der Waals surface area contributed by atoms with Crippen LogP contribution in [0.1, 0.15) is 37.1 Å². The maximum Gasteiger partial charge on any atom is 0.244 e. The highest BCUT2D eigenvalue weighted by molar-refractivity contribution is 7.89. The SMILES string of the molecule is Cc1n[nH]c(C)c1S(=O)(=O)NCC1(O)CCCC1. The highest BCUT2D eigenvalue weighted by atomic mass is 32.2. The van der Waals surface area contributed by atoms with E-state index in [9.17, 15) is 13.5 Å². The molecule has 1 aromatic rings. The number of aryl methyl sites for hydroxylation is 2. The minimum absolute atomic E-state index is 0.0688. The molecular weight excluding hydrogens is 254 g/mol. The van der Waals surface area contributed by atoms with Gasteiger partial charge in [-0.05, 0) is 26.7 Å². The largest absolute Gasteiger partial charge is 0.389 e. The summed E-state index contributed by atoms with van der Waals surface area (Å²) in [6.45, 7) is 3.38. The lowest BCUT2D eigenvalue weighted by atomic mass is 10.0. The van der Waals surface area contributed by atoms with Gasteiger partial charge in [-0.25, -0.2) is 13.1 Å². The number of nitrogens with zero attached hydrogens (tertiary/aromatic N) is 1. The minimum Gasteiger partial charge on any atom is -0.389 e. The van der Waals surface area contributed by atoms with Gasteiger partial charge in [-0.1, -0.05) is 12.8 Å². The summed E-state index contributed by atoms with van der Waals surface area (Å²) >= 11 is 0. The van der Waals surface area contributed by atoms with Gasteiger partial charge in [-0.15, -0.1) is 0 Å². The molecule has 0 saturated heterocycles. The Hall–Kier alpha value is -0.920. The van der Waals surface area contributed by atoms with Crippen LogP contribution in [0.15, 0.2) is 4.90 Å². The highest BCUT2D eigenvalue weighted by Gasteiger charge is 2.33. The predicted octanol–water partition coefficient (Wildman–Crippen LogP) is 0.610. The van der Waals surface area contributed by atoms with E-state index < -0.39 is 15.6 Å². The van der Waals surface area contributed by atoms with E-state index in [-0.39, 0.29) is 11.4 Å². The molecule has 1 heterocycles. The molecule has 1 saturated carbocycles. The van der Waals surface area contributed by atoms with Crippen molar-refractivity contribution in [2.45, 2.75) is 50.0 Å². The van der Waals surface area contributed by atoms with Crippen LogP contribution in [0.3, 0.4) is 0 Å². The fraction of sp³-hybridized carbons (Fsp3) is 0.727. The Morgan fingerprint density at radius 1 is 1.39 bits per heavy atom. The zero-order valence-corrected chi connectivity index (χ0v) is 11.5. The van der Waals surface area contributed by atoms with Gasteiger partial charge in [0, 0.05) is 6.54 Å². The molecule has 0 bridgehead atoms. The second-order valence-corrected chi connectivity index (χ2v) is 6.72. The van der Waals surface area contributed by atoms with Crippen molar-refractivity contribution in [1.29, 1.82) is 0 Å². The quantitative estimate of drug-likeness (QED) is 0.749. The van der Waals surface area contributed by atoms with E-state index in [2.05, 4.69) is 14.9 Å². The van der Waals surface area contributed by atoms with Gasteiger partial charge in [-0.3, -0.25) is 5.10 Å². The molecule has 0 aromatic carbocycles. The van der Waals surface area contributed by atoms with Crippen molar-refractivity contribution in [1.82, 2.24) is 14.9 Å². The summed E-state index contributed by atoms with van der Waals surface area (Å²) in [5.74, 6) is 0. The van der Waals surface area contributed by atoms with Crippen LogP contribution in [0.25, 0.3) is 0 Å². The minimum atomic E-state index is -3.61. The van der Waals surface area contributed by atoms with Crippen LogP contribution in [0.5, 0.6) is 0 Å². The number of hydrogen-bond donors (Lipinski definition) is 3. The fourth-order valence-electron chi connectivity index (χ4n) is 2.45. The van der Waals surface area contributed by atoms with Crippen LogP contribution >= 0.6 is 0 Å². The molecule has 6 nitrogen and oxygen atoms in total. The number of aromatic amines is 1. The molecular formula is C11H19N3O3S. The first-order chi connectivity index (χ1) is 8.34. The van der Waals surface area contributed by atoms with Crippen LogP contribution in [0, 0.1) is 13.8 Å². The van der Waals surface area contributed by atoms with Gasteiger partial charge in [-0.2, -0.15) is 5.10 Å². The molecule has 0 aliphatic heterocycles. The summed E-state index contributed by atoms with van der Waals surface area (Å²) in [5.41, 5.74) is 0.0651. The summed E-state index contributed by atoms with van der Waals surface area (Å²) in [5, 5.41) is 16.7. The summed E-state index contributed by atoms with van der Waals surface area (Å²) in [4.78, 5) is 0.184. The summed E-state index contributed by atoms with van der Waals surface area (Å²) in [7, 11) is -3.61. The van der Waals surface area contributed by atoms with Crippen molar-refractivity contribution in [3.05, 3.63) is 11.4 Å². The average Bonchev–Trinajstić information content (AvgIpc) is 2.85. The molecule has 0 spiro atoms. The molecule has 1 aromatic heterocycles. The molecule has 3 N–H and O–H groups in total. The second-order valence-electron chi connectivity index (χ2n) is 5.02. The lowest BCUT2D eigenvalue weighted by molar-refractivity contribution is 0.0531. The Morgan fingerprint density at radius 3 is 2.50 bits per heavy atom. The Balaban J connectivity index is 2.13. The number of rotatable bonds is 4. The van der Waals surface area contributed by atoms with Crippen molar-refractivity contribution >= 4 is 10.0 Å². The van der Waals surface area contributed by atoms with E-state index in [0.717, 1.165) is 12.8 Å². The first-order valence-electron chi connectivity index (χ1n) is 6.08. The Morgan fingerprint density at radius 2 is 2.00 bits per heavy atom. The van der Waals surface area contributed by atoms with Gasteiger partial charge in [0.25, 0.3) is 0 Å². The van der Waals surface area contributed by atoms with Gasteiger partial charge >= 0.3 is 0 Å². The molecule has 7 heteroatoms. The molecule has 102 valence electrons. The molecule has 0 atom stereocenters. The molecule has 1 aliphatic rings. The van der Waals surface area contributed by atoms with E-state index in [1.54, 1.807) is 13.8 Å². The average molecular weight is 273 g/mol. The second kappa shape index (κ2) is 4.64. The first kappa shape index (κ1) is 13.5. The van der Waals surface area contributed by atoms with Gasteiger partial charge in [0.05, 0.1) is 17.0 Å². The van der Waals surface area contributed by atoms with E-state index in [0.29, 0.717) is 24.2 Å². The lowest BCUT2D eigenvalue weighted by Gasteiger charge is -2.22. The highest BCUT2D eigenvalue weighted by Crippen LogP contribution is 2.29. The number of sulfonamides is 1. The standard InChI is InChI=1S/C11H19N3O3S/c1-8-10(9(2)14-13-8)18(16,17)12-7-11(15)5-3-4-6-11/h12,15H,3-7H2,1-2H3,(H,13,14). The number of aromatic nitrogens is 2. The van der Waals surface area contributed by atoms with Gasteiger partial charge in [0.2, 0.25) is 10.0 Å². The third kappa shape index (κ3) is 2.57. The first-order valence-corrected chi connectivity index (χ1v) is 7.56. The molecule has 1 aliphatic carbocycles. The van der Waals surface area contributed by atoms with Crippen LogP contribution in [0.4, 0.5) is 0 Å². The number of hydrogen-bond acceptors (Lipinski definition) is 4. The predicted molar refractivity (Wildman–Crippen MR) is 66.7 cm³/mol. The van der Waals surface area contributed by atoms with Gasteiger partial charge in [0.15, 0.2) is 0 Å². The Labute approximate surface area is 107 Å². The molecule has 18 heavy (non-hydrogen) atoms. The summed E-state index contributed by atoms with van der Waals surface area (Å²) < 4.78 is 26.8. The van der Waals surface area contributed by atoms with Gasteiger partial charge < -0.3 is 5.11 Å². The smallest absolute Gasteiger partial charge is 0.244 e. The topological polar surface area (TPSA) is 95.1 Å². The van der Waals surface area contributed by atoms with Gasteiger partial charge in [0.1, 0.15) is 4.90 Å². The zero-order valence-electron chi connectivity index (χ0n) is 10.7. The van der Waals surface area contributed by atoms with Crippen LogP contribution in [-0.2, 0) is 10.0 Å². The lowest BCUT2D eigenvalue weighted by Crippen LogP contribution is -2.40. The molecule has 2 rings (SSSR count). The van der Waals surface area contributed by atoms with Crippen LogP contribution < -0.4 is 4.72 Å². The van der Waals surface area contributed by atoms with E-state index >= 15 is 0 Å². The number of nitrogens with one attached hydrogen (secondary N) is 2.